The molecular weight excluding hydrogens is 299 g/mol. The van der Waals surface area contributed by atoms with Gasteiger partial charge in [0.1, 0.15) is 4.84 Å². The van der Waals surface area contributed by atoms with Crippen molar-refractivity contribution in [1.29, 1.82) is 0 Å². The van der Waals surface area contributed by atoms with Gasteiger partial charge < -0.3 is 0 Å². The molecule has 0 fully saturated rings. The van der Waals surface area contributed by atoms with E-state index in [1.807, 2.05) is 0 Å². The van der Waals surface area contributed by atoms with Crippen LogP contribution in [0.15, 0.2) is 6.07 Å². The molecule has 6 heteroatoms. The Labute approximate surface area is 114 Å². The number of alkyl halides is 5. The minimum absolute atomic E-state index is 0.236. The van der Waals surface area contributed by atoms with Gasteiger partial charge in [0.15, 0.2) is 0 Å². The summed E-state index contributed by atoms with van der Waals surface area (Å²) in [6.45, 7) is 0. The molecule has 1 heterocycles. The number of halogens is 5. The summed E-state index contributed by atoms with van der Waals surface area (Å²) in [5.74, 6) is 0.852. The molecule has 0 aliphatic rings. The molecule has 0 bridgehead atoms. The quantitative estimate of drug-likeness (QED) is 0.730. The third-order valence-electron chi connectivity index (χ3n) is 1.90. The van der Waals surface area contributed by atoms with E-state index < -0.39 is 4.84 Å². The van der Waals surface area contributed by atoms with Crippen LogP contribution in [-0.4, -0.2) is 4.98 Å². The maximum Gasteiger partial charge on any atom is 0.134 e. The Hall–Kier alpha value is 0.600. The van der Waals surface area contributed by atoms with Crippen LogP contribution >= 0.6 is 58.0 Å². The van der Waals surface area contributed by atoms with Gasteiger partial charge in [0.05, 0.1) is 23.1 Å². The third-order valence-corrected chi connectivity index (χ3v) is 3.15. The molecule has 0 unspecified atom stereocenters. The largest absolute Gasteiger partial charge is 0.255 e. The van der Waals surface area contributed by atoms with Crippen LogP contribution in [0, 0.1) is 0 Å². The lowest BCUT2D eigenvalue weighted by Crippen LogP contribution is -2.03. The standard InChI is InChI=1S/C9H8Cl5N/c10-2-5-1-6(3-11)15-7(4-12)8(5)9(13)14/h1,9H,2-4H2. The number of pyridine rings is 1. The zero-order valence-corrected chi connectivity index (χ0v) is 11.4. The zero-order chi connectivity index (χ0) is 11.4. The Morgan fingerprint density at radius 1 is 1.07 bits per heavy atom. The van der Waals surface area contributed by atoms with Gasteiger partial charge in [-0.05, 0) is 11.6 Å². The molecule has 0 spiro atoms. The molecule has 0 aliphatic carbocycles. The van der Waals surface area contributed by atoms with Crippen LogP contribution in [0.1, 0.15) is 27.4 Å². The van der Waals surface area contributed by atoms with E-state index in [0.717, 1.165) is 11.3 Å². The molecule has 1 aromatic heterocycles. The fraction of sp³-hybridized carbons (Fsp3) is 0.444. The Kier molecular flexibility index (Phi) is 5.80. The number of aromatic nitrogens is 1. The molecule has 0 aliphatic heterocycles. The van der Waals surface area contributed by atoms with Crippen molar-refractivity contribution in [2.75, 3.05) is 0 Å². The maximum atomic E-state index is 5.84. The molecule has 0 atom stereocenters. The van der Waals surface area contributed by atoms with E-state index in [1.165, 1.54) is 0 Å². The first-order valence-corrected chi connectivity index (χ1v) is 6.59. The zero-order valence-electron chi connectivity index (χ0n) is 7.61. The summed E-state index contributed by atoms with van der Waals surface area (Å²) in [6.07, 6.45) is 0. The van der Waals surface area contributed by atoms with Crippen molar-refractivity contribution >= 4 is 58.0 Å². The maximum absolute atomic E-state index is 5.84. The van der Waals surface area contributed by atoms with Crippen molar-refractivity contribution in [3.05, 3.63) is 28.6 Å². The Bertz CT molecular complexity index is 314. The molecule has 0 amide bonds. The van der Waals surface area contributed by atoms with Gasteiger partial charge in [0.25, 0.3) is 0 Å². The second kappa shape index (κ2) is 6.36. The number of nitrogens with zero attached hydrogens (tertiary/aromatic N) is 1. The van der Waals surface area contributed by atoms with Gasteiger partial charge in [-0.2, -0.15) is 0 Å². The lowest BCUT2D eigenvalue weighted by Gasteiger charge is -2.13. The van der Waals surface area contributed by atoms with E-state index in [9.17, 15) is 0 Å². The van der Waals surface area contributed by atoms with Gasteiger partial charge in [-0.1, -0.05) is 23.2 Å². The number of hydrogen-bond acceptors (Lipinski definition) is 1. The van der Waals surface area contributed by atoms with E-state index in [4.69, 9.17) is 58.0 Å². The number of hydrogen-bond donors (Lipinski definition) is 0. The summed E-state index contributed by atoms with van der Waals surface area (Å²) < 4.78 is 0. The van der Waals surface area contributed by atoms with Gasteiger partial charge in [-0.25, -0.2) is 0 Å². The van der Waals surface area contributed by atoms with Crippen LogP contribution in [0.3, 0.4) is 0 Å². The highest BCUT2D eigenvalue weighted by Crippen LogP contribution is 2.32. The van der Waals surface area contributed by atoms with Crippen molar-refractivity contribution in [3.63, 3.8) is 0 Å². The fourth-order valence-corrected chi connectivity index (χ4v) is 2.37. The van der Waals surface area contributed by atoms with Gasteiger partial charge in [-0.3, -0.25) is 4.98 Å². The van der Waals surface area contributed by atoms with Crippen molar-refractivity contribution in [2.24, 2.45) is 0 Å². The summed E-state index contributed by atoms with van der Waals surface area (Å²) in [7, 11) is 0. The van der Waals surface area contributed by atoms with E-state index in [1.54, 1.807) is 6.07 Å². The average Bonchev–Trinajstić information content (AvgIpc) is 2.26. The minimum atomic E-state index is -0.677. The second-order valence-electron chi connectivity index (χ2n) is 2.83. The van der Waals surface area contributed by atoms with Gasteiger partial charge >= 0.3 is 0 Å². The Morgan fingerprint density at radius 3 is 2.13 bits per heavy atom. The molecule has 0 saturated heterocycles. The predicted molar refractivity (Wildman–Crippen MR) is 67.4 cm³/mol. The SMILES string of the molecule is ClCc1cc(CCl)c(C(Cl)Cl)c(CCl)n1. The first-order valence-electron chi connectivity index (χ1n) is 4.11. The molecule has 0 saturated carbocycles. The molecule has 1 aromatic rings. The minimum Gasteiger partial charge on any atom is -0.255 e. The van der Waals surface area contributed by atoms with Crippen molar-refractivity contribution in [2.45, 2.75) is 22.5 Å². The Morgan fingerprint density at radius 2 is 1.73 bits per heavy atom. The van der Waals surface area contributed by atoms with Gasteiger partial charge in [0.2, 0.25) is 0 Å². The highest BCUT2D eigenvalue weighted by Gasteiger charge is 2.16. The molecule has 0 N–H and O–H groups in total. The smallest absolute Gasteiger partial charge is 0.134 e. The van der Waals surface area contributed by atoms with Crippen LogP contribution in [0.5, 0.6) is 0 Å². The molecule has 84 valence electrons. The van der Waals surface area contributed by atoms with Crippen molar-refractivity contribution in [1.82, 2.24) is 4.98 Å². The second-order valence-corrected chi connectivity index (χ2v) is 4.73. The Balaban J connectivity index is 3.32. The summed E-state index contributed by atoms with van der Waals surface area (Å²) in [5.41, 5.74) is 2.88. The topological polar surface area (TPSA) is 12.9 Å². The van der Waals surface area contributed by atoms with Crippen molar-refractivity contribution < 1.29 is 0 Å². The van der Waals surface area contributed by atoms with E-state index in [0.29, 0.717) is 23.0 Å². The summed E-state index contributed by atoms with van der Waals surface area (Å²) in [6, 6.07) is 1.79. The van der Waals surface area contributed by atoms with Crippen LogP contribution in [0.25, 0.3) is 0 Å². The van der Waals surface area contributed by atoms with E-state index in [-0.39, 0.29) is 5.88 Å². The van der Waals surface area contributed by atoms with Crippen LogP contribution < -0.4 is 0 Å². The third kappa shape index (κ3) is 3.28. The normalized spacial score (nSPS) is 11.1. The molecule has 15 heavy (non-hydrogen) atoms. The van der Waals surface area contributed by atoms with Crippen molar-refractivity contribution in [3.8, 4) is 0 Å². The first-order chi connectivity index (χ1) is 7.13. The fourth-order valence-electron chi connectivity index (χ4n) is 1.28. The molecule has 0 aromatic carbocycles. The van der Waals surface area contributed by atoms with Crippen LogP contribution in [0.4, 0.5) is 0 Å². The van der Waals surface area contributed by atoms with Crippen LogP contribution in [0.2, 0.25) is 0 Å². The summed E-state index contributed by atoms with van der Waals surface area (Å²) >= 11 is 29.0. The summed E-state index contributed by atoms with van der Waals surface area (Å²) in [4.78, 5) is 3.57. The molecule has 1 nitrogen and oxygen atoms in total. The van der Waals surface area contributed by atoms with E-state index >= 15 is 0 Å². The molecule has 1 rings (SSSR count). The summed E-state index contributed by atoms with van der Waals surface area (Å²) in [5, 5.41) is 0. The monoisotopic (exact) mass is 305 g/mol. The average molecular weight is 307 g/mol. The number of rotatable bonds is 4. The van der Waals surface area contributed by atoms with Gasteiger partial charge in [-0.15, -0.1) is 34.8 Å². The highest BCUT2D eigenvalue weighted by atomic mass is 35.5. The highest BCUT2D eigenvalue weighted by molar-refractivity contribution is 6.44. The van der Waals surface area contributed by atoms with Crippen LogP contribution in [-0.2, 0) is 17.6 Å². The molecular formula is C9H8Cl5N. The predicted octanol–water partition coefficient (Wildman–Crippen LogP) is 4.77. The van der Waals surface area contributed by atoms with E-state index in [2.05, 4.69) is 4.98 Å². The lowest BCUT2D eigenvalue weighted by atomic mass is 10.1. The first kappa shape index (κ1) is 13.7. The molecule has 0 radical (unpaired) electrons. The van der Waals surface area contributed by atoms with Gasteiger partial charge in [0, 0.05) is 11.4 Å². The lowest BCUT2D eigenvalue weighted by molar-refractivity contribution is 1.01.